The molecule has 0 fully saturated rings. The van der Waals surface area contributed by atoms with E-state index in [1.807, 2.05) is 11.3 Å². The van der Waals surface area contributed by atoms with Crippen molar-refractivity contribution in [3.8, 4) is 22.3 Å². The van der Waals surface area contributed by atoms with Gasteiger partial charge in [-0.1, -0.05) is 140 Å². The van der Waals surface area contributed by atoms with Gasteiger partial charge in [0.2, 0.25) is 0 Å². The maximum atomic E-state index is 2.44. The van der Waals surface area contributed by atoms with Crippen molar-refractivity contribution < 1.29 is 0 Å². The van der Waals surface area contributed by atoms with Crippen LogP contribution in [0.4, 0.5) is 17.1 Å². The second-order valence-corrected chi connectivity index (χ2v) is 14.0. The van der Waals surface area contributed by atoms with Crippen molar-refractivity contribution in [1.29, 1.82) is 0 Å². The summed E-state index contributed by atoms with van der Waals surface area (Å²) in [5, 5.41) is 10.1. The molecular formula is C48H31NS. The van der Waals surface area contributed by atoms with E-state index in [4.69, 9.17) is 0 Å². The topological polar surface area (TPSA) is 3.24 Å². The van der Waals surface area contributed by atoms with Gasteiger partial charge in [0.25, 0.3) is 0 Å². The van der Waals surface area contributed by atoms with Crippen LogP contribution >= 0.6 is 11.3 Å². The van der Waals surface area contributed by atoms with Crippen LogP contribution < -0.4 is 4.90 Å². The Bertz CT molecular complexity index is 2880. The van der Waals surface area contributed by atoms with E-state index in [0.717, 1.165) is 11.4 Å². The number of thiophene rings is 1. The molecule has 0 aliphatic rings. The molecule has 0 aliphatic heterocycles. The van der Waals surface area contributed by atoms with Crippen LogP contribution in [0.3, 0.4) is 0 Å². The molecule has 0 N–H and O–H groups in total. The molecular weight excluding hydrogens is 623 g/mol. The summed E-state index contributed by atoms with van der Waals surface area (Å²) < 4.78 is 2.62. The van der Waals surface area contributed by atoms with E-state index >= 15 is 0 Å². The molecule has 50 heavy (non-hydrogen) atoms. The summed E-state index contributed by atoms with van der Waals surface area (Å²) >= 11 is 1.86. The third kappa shape index (κ3) is 4.76. The monoisotopic (exact) mass is 653 g/mol. The third-order valence-electron chi connectivity index (χ3n) is 10.0. The molecule has 0 aliphatic carbocycles. The fourth-order valence-corrected chi connectivity index (χ4v) is 8.72. The first-order chi connectivity index (χ1) is 24.8. The Morgan fingerprint density at radius 1 is 0.320 bits per heavy atom. The lowest BCUT2D eigenvalue weighted by atomic mass is 9.93. The zero-order valence-corrected chi connectivity index (χ0v) is 28.1. The zero-order chi connectivity index (χ0) is 33.0. The molecule has 0 atom stereocenters. The average molecular weight is 654 g/mol. The Balaban J connectivity index is 1.16. The first-order valence-corrected chi connectivity index (χ1v) is 17.9. The van der Waals surface area contributed by atoms with E-state index < -0.39 is 0 Å². The fraction of sp³-hybridized carbons (Fsp3) is 0. The number of benzene rings is 9. The van der Waals surface area contributed by atoms with Gasteiger partial charge in [-0.2, -0.15) is 0 Å². The molecule has 0 radical (unpaired) electrons. The predicted molar refractivity (Wildman–Crippen MR) is 217 cm³/mol. The van der Waals surface area contributed by atoms with Crippen molar-refractivity contribution in [1.82, 2.24) is 0 Å². The molecule has 0 amide bonds. The van der Waals surface area contributed by atoms with Crippen molar-refractivity contribution >= 4 is 80.9 Å². The van der Waals surface area contributed by atoms with Gasteiger partial charge < -0.3 is 4.90 Å². The molecule has 0 unspecified atom stereocenters. The van der Waals surface area contributed by atoms with Crippen LogP contribution in [0, 0.1) is 0 Å². The molecule has 234 valence electrons. The summed E-state index contributed by atoms with van der Waals surface area (Å²) in [6.07, 6.45) is 0. The standard InChI is InChI=1S/C48H31NS/c1-2-12-34-29-36(22-21-32(34)11-1)40-15-6-5-14-39(40)33-23-25-37(26-24-33)49(38-27-28-48-45(31-38)44-19-9-10-20-47(44)50-48)46-30-35-13-3-4-16-41(35)42-17-7-8-18-43(42)46/h1-31H. The molecule has 10 rings (SSSR count). The Kier molecular flexibility index (Phi) is 6.75. The summed E-state index contributed by atoms with van der Waals surface area (Å²) in [4.78, 5) is 2.44. The number of hydrogen-bond donors (Lipinski definition) is 0. The van der Waals surface area contributed by atoms with E-state index in [-0.39, 0.29) is 0 Å². The zero-order valence-electron chi connectivity index (χ0n) is 27.3. The molecule has 10 aromatic rings. The van der Waals surface area contributed by atoms with Gasteiger partial charge in [0, 0.05) is 36.9 Å². The smallest absolute Gasteiger partial charge is 0.0546 e. The lowest BCUT2D eigenvalue weighted by molar-refractivity contribution is 1.31. The molecule has 9 aromatic carbocycles. The second kappa shape index (κ2) is 11.7. The summed E-state index contributed by atoms with van der Waals surface area (Å²) in [5.74, 6) is 0. The molecule has 0 saturated carbocycles. The maximum absolute atomic E-state index is 2.44. The number of nitrogens with zero attached hydrogens (tertiary/aromatic N) is 1. The van der Waals surface area contributed by atoms with Crippen LogP contribution in [0.2, 0.25) is 0 Å². The predicted octanol–water partition coefficient (Wildman–Crippen LogP) is 14.3. The van der Waals surface area contributed by atoms with Crippen LogP contribution in [0.1, 0.15) is 0 Å². The molecule has 0 saturated heterocycles. The Morgan fingerprint density at radius 2 is 0.900 bits per heavy atom. The summed E-state index contributed by atoms with van der Waals surface area (Å²) in [6, 6.07) is 68.8. The molecule has 0 bridgehead atoms. The number of fused-ring (bicyclic) bond motifs is 7. The first kappa shape index (κ1) is 28.8. The average Bonchev–Trinajstić information content (AvgIpc) is 3.56. The van der Waals surface area contributed by atoms with Crippen LogP contribution in [0.25, 0.3) is 74.7 Å². The maximum Gasteiger partial charge on any atom is 0.0546 e. The van der Waals surface area contributed by atoms with Gasteiger partial charge in [-0.05, 0) is 97.7 Å². The van der Waals surface area contributed by atoms with Crippen molar-refractivity contribution in [2.24, 2.45) is 0 Å². The third-order valence-corrected chi connectivity index (χ3v) is 11.2. The lowest BCUT2D eigenvalue weighted by Crippen LogP contribution is -2.10. The number of anilines is 3. The van der Waals surface area contributed by atoms with Crippen LogP contribution in [-0.2, 0) is 0 Å². The quantitative estimate of drug-likeness (QED) is 0.167. The van der Waals surface area contributed by atoms with E-state index in [9.17, 15) is 0 Å². The molecule has 1 aromatic heterocycles. The molecule has 1 nitrogen and oxygen atoms in total. The van der Waals surface area contributed by atoms with Crippen molar-refractivity contribution in [3.63, 3.8) is 0 Å². The van der Waals surface area contributed by atoms with Gasteiger partial charge in [0.1, 0.15) is 0 Å². The summed E-state index contributed by atoms with van der Waals surface area (Å²) in [5.41, 5.74) is 8.31. The van der Waals surface area contributed by atoms with E-state index in [2.05, 4.69) is 193 Å². The Morgan fingerprint density at radius 3 is 1.72 bits per heavy atom. The molecule has 0 spiro atoms. The summed E-state index contributed by atoms with van der Waals surface area (Å²) in [7, 11) is 0. The van der Waals surface area contributed by atoms with Gasteiger partial charge >= 0.3 is 0 Å². The SMILES string of the molecule is c1ccc(-c2ccc3ccccc3c2)c(-c2ccc(N(c3ccc4sc5ccccc5c4c3)c3cc4ccccc4c4ccccc34)cc2)c1. The largest absolute Gasteiger partial charge is 0.310 e. The van der Waals surface area contributed by atoms with Crippen molar-refractivity contribution in [2.45, 2.75) is 0 Å². The van der Waals surface area contributed by atoms with Crippen LogP contribution in [-0.4, -0.2) is 0 Å². The van der Waals surface area contributed by atoms with Crippen molar-refractivity contribution in [2.75, 3.05) is 4.90 Å². The fourth-order valence-electron chi connectivity index (χ4n) is 7.63. The van der Waals surface area contributed by atoms with Gasteiger partial charge in [-0.3, -0.25) is 0 Å². The van der Waals surface area contributed by atoms with Gasteiger partial charge in [0.15, 0.2) is 0 Å². The molecule has 2 heteroatoms. The van der Waals surface area contributed by atoms with E-state index in [1.54, 1.807) is 0 Å². The Labute approximate surface area is 294 Å². The number of hydrogen-bond acceptors (Lipinski definition) is 2. The molecule has 1 heterocycles. The number of rotatable bonds is 5. The van der Waals surface area contributed by atoms with Crippen LogP contribution in [0.5, 0.6) is 0 Å². The van der Waals surface area contributed by atoms with E-state index in [0.29, 0.717) is 0 Å². The highest BCUT2D eigenvalue weighted by atomic mass is 32.1. The normalized spacial score (nSPS) is 11.6. The van der Waals surface area contributed by atoms with E-state index in [1.165, 1.54) is 80.4 Å². The summed E-state index contributed by atoms with van der Waals surface area (Å²) in [6.45, 7) is 0. The minimum atomic E-state index is 1.12. The highest BCUT2D eigenvalue weighted by molar-refractivity contribution is 7.25. The lowest BCUT2D eigenvalue weighted by Gasteiger charge is -2.28. The highest BCUT2D eigenvalue weighted by Crippen LogP contribution is 2.45. The van der Waals surface area contributed by atoms with Gasteiger partial charge in [0.05, 0.1) is 5.69 Å². The second-order valence-electron chi connectivity index (χ2n) is 12.9. The first-order valence-electron chi connectivity index (χ1n) is 17.1. The minimum Gasteiger partial charge on any atom is -0.310 e. The highest BCUT2D eigenvalue weighted by Gasteiger charge is 2.19. The van der Waals surface area contributed by atoms with Gasteiger partial charge in [-0.15, -0.1) is 11.3 Å². The minimum absolute atomic E-state index is 1.12. The Hall–Kier alpha value is -6.22. The van der Waals surface area contributed by atoms with Crippen molar-refractivity contribution in [3.05, 3.63) is 188 Å². The van der Waals surface area contributed by atoms with Gasteiger partial charge in [-0.25, -0.2) is 0 Å². The van der Waals surface area contributed by atoms with Crippen LogP contribution in [0.15, 0.2) is 188 Å².